The topological polar surface area (TPSA) is 36.3 Å². The smallest absolute Gasteiger partial charge is 0.399 e. The van der Waals surface area contributed by atoms with Crippen molar-refractivity contribution in [3.05, 3.63) is 47.8 Å². The summed E-state index contributed by atoms with van der Waals surface area (Å²) in [6, 6.07) is 6.26. The zero-order valence-electron chi connectivity index (χ0n) is 16.1. The molecule has 0 saturated carbocycles. The van der Waals surface area contributed by atoms with Gasteiger partial charge in [-0.2, -0.15) is 5.10 Å². The molecule has 1 unspecified atom stereocenters. The van der Waals surface area contributed by atoms with Crippen LogP contribution < -0.4 is 5.46 Å². The molecule has 2 heterocycles. The number of halogens is 2. The van der Waals surface area contributed by atoms with Crippen LogP contribution in [0.5, 0.6) is 0 Å². The van der Waals surface area contributed by atoms with E-state index in [4.69, 9.17) is 9.31 Å². The van der Waals surface area contributed by atoms with Gasteiger partial charge >= 0.3 is 7.12 Å². The summed E-state index contributed by atoms with van der Waals surface area (Å²) in [5, 5.41) is 4.39. The molecule has 0 amide bonds. The van der Waals surface area contributed by atoms with Crippen molar-refractivity contribution in [3.63, 3.8) is 0 Å². The van der Waals surface area contributed by atoms with Crippen LogP contribution in [0.1, 0.15) is 58.7 Å². The van der Waals surface area contributed by atoms with Crippen LogP contribution >= 0.6 is 0 Å². The van der Waals surface area contributed by atoms with Gasteiger partial charge in [0.25, 0.3) is 5.92 Å². The molecular formula is C19H25BF2N2O2. The van der Waals surface area contributed by atoms with Crippen molar-refractivity contribution in [2.45, 2.75) is 64.7 Å². The Hall–Kier alpha value is -1.73. The van der Waals surface area contributed by atoms with Crippen LogP contribution in [-0.4, -0.2) is 28.1 Å². The summed E-state index contributed by atoms with van der Waals surface area (Å²) in [6.07, 6.45) is 3.56. The highest BCUT2D eigenvalue weighted by Gasteiger charge is 2.52. The van der Waals surface area contributed by atoms with E-state index in [1.165, 1.54) is 12.1 Å². The fourth-order valence-corrected chi connectivity index (χ4v) is 2.89. The SMILES string of the molecule is CC(c1cccc(C(C)(F)F)c1)n1cc(B2OC(C)(C)C(C)(C)O2)cn1. The van der Waals surface area contributed by atoms with E-state index < -0.39 is 24.2 Å². The van der Waals surface area contributed by atoms with E-state index in [9.17, 15) is 8.78 Å². The molecule has 26 heavy (non-hydrogen) atoms. The van der Waals surface area contributed by atoms with Crippen LogP contribution in [0.15, 0.2) is 36.7 Å². The van der Waals surface area contributed by atoms with Gasteiger partial charge in [0.15, 0.2) is 0 Å². The number of alkyl halides is 2. The molecule has 4 nitrogen and oxygen atoms in total. The third kappa shape index (κ3) is 3.42. The molecule has 1 fully saturated rings. The van der Waals surface area contributed by atoms with E-state index in [1.807, 2.05) is 46.9 Å². The molecule has 0 aliphatic carbocycles. The van der Waals surface area contributed by atoms with Gasteiger partial charge in [0.1, 0.15) is 0 Å². The van der Waals surface area contributed by atoms with Gasteiger partial charge in [0.05, 0.1) is 17.2 Å². The Morgan fingerprint density at radius 3 is 2.35 bits per heavy atom. The Labute approximate surface area is 153 Å². The molecular weight excluding hydrogens is 337 g/mol. The first kappa shape index (κ1) is 19.0. The van der Waals surface area contributed by atoms with Crippen LogP contribution in [0.2, 0.25) is 0 Å². The lowest BCUT2D eigenvalue weighted by atomic mass is 9.82. The fraction of sp³-hybridized carbons (Fsp3) is 0.526. The number of benzene rings is 1. The Balaban J connectivity index is 1.83. The van der Waals surface area contributed by atoms with Crippen molar-refractivity contribution in [2.75, 3.05) is 0 Å². The predicted octanol–water partition coefficient (Wildman–Crippen LogP) is 3.90. The third-order valence-electron chi connectivity index (χ3n) is 5.42. The number of hydrogen-bond acceptors (Lipinski definition) is 3. The van der Waals surface area contributed by atoms with E-state index >= 15 is 0 Å². The average Bonchev–Trinajstić information content (AvgIpc) is 3.09. The molecule has 0 spiro atoms. The monoisotopic (exact) mass is 362 g/mol. The Bertz CT molecular complexity index is 783. The molecule has 1 aliphatic rings. The van der Waals surface area contributed by atoms with E-state index in [-0.39, 0.29) is 11.6 Å². The van der Waals surface area contributed by atoms with Crippen molar-refractivity contribution in [2.24, 2.45) is 0 Å². The summed E-state index contributed by atoms with van der Waals surface area (Å²) < 4.78 is 41.0. The van der Waals surface area contributed by atoms with Gasteiger partial charge in [-0.3, -0.25) is 4.68 Å². The molecule has 0 radical (unpaired) electrons. The molecule has 2 aromatic rings. The van der Waals surface area contributed by atoms with Gasteiger partial charge in [0.2, 0.25) is 0 Å². The first-order valence-corrected chi connectivity index (χ1v) is 8.79. The summed E-state index contributed by atoms with van der Waals surface area (Å²) in [5.41, 5.74) is 0.735. The van der Waals surface area contributed by atoms with Crippen LogP contribution in [0, 0.1) is 0 Å². The second-order valence-electron chi connectivity index (χ2n) is 8.03. The number of aromatic nitrogens is 2. The molecule has 1 aromatic carbocycles. The van der Waals surface area contributed by atoms with Crippen molar-refractivity contribution in [1.29, 1.82) is 0 Å². The van der Waals surface area contributed by atoms with E-state index in [1.54, 1.807) is 16.9 Å². The normalized spacial score (nSPS) is 20.4. The summed E-state index contributed by atoms with van der Waals surface area (Å²) in [7, 11) is -0.493. The highest BCUT2D eigenvalue weighted by atomic mass is 19.3. The Kier molecular flexibility index (Phi) is 4.52. The molecule has 1 aliphatic heterocycles. The summed E-state index contributed by atoms with van der Waals surface area (Å²) in [4.78, 5) is 0. The van der Waals surface area contributed by atoms with Gasteiger partial charge in [-0.05, 0) is 46.2 Å². The van der Waals surface area contributed by atoms with Crippen molar-refractivity contribution in [3.8, 4) is 0 Å². The summed E-state index contributed by atoms with van der Waals surface area (Å²) in [6.45, 7) is 10.8. The zero-order chi connectivity index (χ0) is 19.3. The minimum Gasteiger partial charge on any atom is -0.399 e. The maximum atomic E-state index is 13.6. The van der Waals surface area contributed by atoms with E-state index in [0.717, 1.165) is 17.9 Å². The molecule has 0 N–H and O–H groups in total. The molecule has 140 valence electrons. The molecule has 3 rings (SSSR count). The largest absolute Gasteiger partial charge is 0.498 e. The van der Waals surface area contributed by atoms with Crippen LogP contribution in [0.25, 0.3) is 0 Å². The van der Waals surface area contributed by atoms with Crippen LogP contribution in [0.4, 0.5) is 8.78 Å². The fourth-order valence-electron chi connectivity index (χ4n) is 2.89. The average molecular weight is 362 g/mol. The van der Waals surface area contributed by atoms with Gasteiger partial charge in [-0.1, -0.05) is 18.2 Å². The summed E-state index contributed by atoms with van der Waals surface area (Å²) in [5.74, 6) is -2.87. The van der Waals surface area contributed by atoms with E-state index in [0.29, 0.717) is 0 Å². The van der Waals surface area contributed by atoms with Gasteiger partial charge in [0, 0.05) is 30.3 Å². The maximum absolute atomic E-state index is 13.6. The minimum absolute atomic E-state index is 0.000174. The molecule has 1 atom stereocenters. The number of hydrogen-bond donors (Lipinski definition) is 0. The maximum Gasteiger partial charge on any atom is 0.498 e. The van der Waals surface area contributed by atoms with Gasteiger partial charge in [-0.25, -0.2) is 8.78 Å². The van der Waals surface area contributed by atoms with Crippen LogP contribution in [0.3, 0.4) is 0 Å². The minimum atomic E-state index is -2.87. The Morgan fingerprint density at radius 2 is 1.77 bits per heavy atom. The molecule has 0 bridgehead atoms. The lowest BCUT2D eigenvalue weighted by Crippen LogP contribution is -2.41. The molecule has 1 aromatic heterocycles. The quantitative estimate of drug-likeness (QED) is 0.774. The summed E-state index contributed by atoms with van der Waals surface area (Å²) >= 11 is 0. The number of rotatable bonds is 4. The van der Waals surface area contributed by atoms with Crippen molar-refractivity contribution < 1.29 is 18.1 Å². The second kappa shape index (κ2) is 6.17. The van der Waals surface area contributed by atoms with Crippen LogP contribution in [-0.2, 0) is 15.2 Å². The van der Waals surface area contributed by atoms with Gasteiger partial charge < -0.3 is 9.31 Å². The highest BCUT2D eigenvalue weighted by Crippen LogP contribution is 2.36. The first-order valence-electron chi connectivity index (χ1n) is 8.79. The lowest BCUT2D eigenvalue weighted by Gasteiger charge is -2.32. The Morgan fingerprint density at radius 1 is 1.15 bits per heavy atom. The zero-order valence-corrected chi connectivity index (χ0v) is 16.1. The third-order valence-corrected chi connectivity index (χ3v) is 5.42. The molecule has 1 saturated heterocycles. The molecule has 7 heteroatoms. The van der Waals surface area contributed by atoms with Crippen molar-refractivity contribution in [1.82, 2.24) is 9.78 Å². The highest BCUT2D eigenvalue weighted by molar-refractivity contribution is 6.62. The second-order valence-corrected chi connectivity index (χ2v) is 8.03. The first-order chi connectivity index (χ1) is 11.9. The predicted molar refractivity (Wildman–Crippen MR) is 97.8 cm³/mol. The lowest BCUT2D eigenvalue weighted by molar-refractivity contribution is 0.00578. The number of nitrogens with zero attached hydrogens (tertiary/aromatic N) is 2. The van der Waals surface area contributed by atoms with Gasteiger partial charge in [-0.15, -0.1) is 0 Å². The van der Waals surface area contributed by atoms with Crippen molar-refractivity contribution >= 4 is 12.6 Å². The standard InChI is InChI=1S/C19H25BF2N2O2/c1-13(14-8-7-9-15(10-14)19(6,21)22)24-12-16(11-23-24)20-25-17(2,3)18(4,5)26-20/h7-13H,1-6H3. The van der Waals surface area contributed by atoms with E-state index in [2.05, 4.69) is 5.10 Å².